The van der Waals surface area contributed by atoms with Crippen molar-refractivity contribution in [3.63, 3.8) is 0 Å². The average Bonchev–Trinajstić information content (AvgIpc) is 3.72. The number of nitrogens with one attached hydrogen (secondary N) is 1. The molecule has 2 aliphatic rings. The molecule has 200 valence electrons. The van der Waals surface area contributed by atoms with Gasteiger partial charge in [0.25, 0.3) is 5.91 Å². The van der Waals surface area contributed by atoms with E-state index < -0.39 is 15.7 Å². The Balaban J connectivity index is 1.19. The molecule has 1 spiro atoms. The fourth-order valence-corrected chi connectivity index (χ4v) is 5.59. The Bertz CT molecular complexity index is 1690. The lowest BCUT2D eigenvalue weighted by molar-refractivity contribution is 0.0950. The molecular formula is C28H29N7O3S. The Morgan fingerprint density at radius 1 is 1.03 bits per heavy atom. The topological polar surface area (TPSA) is 121 Å². The third kappa shape index (κ3) is 5.19. The molecule has 10 nitrogen and oxygen atoms in total. The molecule has 1 amide bonds. The van der Waals surface area contributed by atoms with E-state index in [1.807, 2.05) is 30.3 Å². The Labute approximate surface area is 227 Å². The monoisotopic (exact) mass is 543 g/mol. The van der Waals surface area contributed by atoms with Crippen LogP contribution in [0.4, 0.5) is 5.82 Å². The molecule has 5 heterocycles. The first-order valence-electron chi connectivity index (χ1n) is 12.8. The number of carbonyl (C=O) groups is 1. The zero-order chi connectivity index (χ0) is 27.2. The molecule has 11 heteroatoms. The molecule has 0 atom stereocenters. The van der Waals surface area contributed by atoms with Crippen LogP contribution in [0.25, 0.3) is 22.3 Å². The molecule has 1 saturated heterocycles. The van der Waals surface area contributed by atoms with Crippen molar-refractivity contribution in [1.29, 1.82) is 0 Å². The Morgan fingerprint density at radius 2 is 1.85 bits per heavy atom. The standard InChI is InChI=1S/C28H29N7O3S/c1-34-10-11-35(18-28(34)8-9-28)26-5-3-4-23(33-26)24-7-6-19-15-30-21(13-25(19)32-24)16-31-27(36)20-12-22(17-29-14-20)39(2,37)38/h3-7,12-15,17H,8-11,16,18H2,1-2H3,(H,31,36). The first kappa shape index (κ1) is 25.3. The minimum atomic E-state index is -3.46. The van der Waals surface area contributed by atoms with Crippen molar-refractivity contribution in [3.05, 3.63) is 72.3 Å². The number of hydrogen-bond acceptors (Lipinski definition) is 9. The third-order valence-electron chi connectivity index (χ3n) is 7.61. The lowest BCUT2D eigenvalue weighted by Crippen LogP contribution is -2.53. The minimum absolute atomic E-state index is 0.00643. The summed E-state index contributed by atoms with van der Waals surface area (Å²) in [6.45, 7) is 3.14. The van der Waals surface area contributed by atoms with E-state index in [1.165, 1.54) is 31.3 Å². The molecule has 1 N–H and O–H groups in total. The molecule has 1 saturated carbocycles. The normalized spacial score (nSPS) is 16.9. The summed E-state index contributed by atoms with van der Waals surface area (Å²) in [6, 6.07) is 13.1. The number of sulfone groups is 1. The Kier molecular flexibility index (Phi) is 6.27. The van der Waals surface area contributed by atoms with Gasteiger partial charge in [-0.15, -0.1) is 0 Å². The maximum Gasteiger partial charge on any atom is 0.253 e. The van der Waals surface area contributed by atoms with Crippen LogP contribution < -0.4 is 10.2 Å². The maximum atomic E-state index is 12.6. The lowest BCUT2D eigenvalue weighted by atomic mass is 10.1. The molecule has 1 aliphatic heterocycles. The van der Waals surface area contributed by atoms with Gasteiger partial charge in [-0.3, -0.25) is 19.7 Å². The van der Waals surface area contributed by atoms with E-state index in [1.54, 1.807) is 6.20 Å². The molecule has 0 aromatic carbocycles. The van der Waals surface area contributed by atoms with Gasteiger partial charge in [-0.05, 0) is 56.3 Å². The van der Waals surface area contributed by atoms with Gasteiger partial charge >= 0.3 is 0 Å². The molecule has 1 aliphatic carbocycles. The number of fused-ring (bicyclic) bond motifs is 1. The van der Waals surface area contributed by atoms with E-state index in [9.17, 15) is 13.2 Å². The molecule has 2 fully saturated rings. The first-order chi connectivity index (χ1) is 18.7. The van der Waals surface area contributed by atoms with Gasteiger partial charge < -0.3 is 10.2 Å². The third-order valence-corrected chi connectivity index (χ3v) is 8.69. The van der Waals surface area contributed by atoms with Gasteiger partial charge in [-0.25, -0.2) is 18.4 Å². The Hall–Kier alpha value is -3.96. The number of likely N-dealkylation sites (N-methyl/N-ethyl adjacent to an activating group) is 1. The highest BCUT2D eigenvalue weighted by Gasteiger charge is 2.49. The summed E-state index contributed by atoms with van der Waals surface area (Å²) in [5.74, 6) is 0.538. The van der Waals surface area contributed by atoms with E-state index in [-0.39, 0.29) is 17.0 Å². The number of pyridine rings is 4. The fourth-order valence-electron chi connectivity index (χ4n) is 5.00. The van der Waals surface area contributed by atoms with Gasteiger partial charge in [0.05, 0.1) is 39.6 Å². The SMILES string of the molecule is CN1CCN(c2cccc(-c3ccc4cnc(CNC(=O)c5cncc(S(C)(=O)=O)c5)cc4n3)n2)CC12CC2. The van der Waals surface area contributed by atoms with E-state index in [2.05, 4.69) is 38.2 Å². The van der Waals surface area contributed by atoms with Gasteiger partial charge in [0.15, 0.2) is 9.84 Å². The smallest absolute Gasteiger partial charge is 0.253 e. The van der Waals surface area contributed by atoms with Crippen LogP contribution in [-0.2, 0) is 16.4 Å². The van der Waals surface area contributed by atoms with Crippen molar-refractivity contribution >= 4 is 32.5 Å². The van der Waals surface area contributed by atoms with Crippen LogP contribution in [0.1, 0.15) is 28.9 Å². The van der Waals surface area contributed by atoms with Gasteiger partial charge in [0.1, 0.15) is 5.82 Å². The summed E-state index contributed by atoms with van der Waals surface area (Å²) in [5, 5.41) is 3.66. The van der Waals surface area contributed by atoms with Gasteiger partial charge in [0, 0.05) is 55.4 Å². The summed E-state index contributed by atoms with van der Waals surface area (Å²) >= 11 is 0. The maximum absolute atomic E-state index is 12.6. The zero-order valence-corrected chi connectivity index (χ0v) is 22.6. The number of carbonyl (C=O) groups excluding carboxylic acids is 1. The number of hydrogen-bond donors (Lipinski definition) is 1. The number of amides is 1. The van der Waals surface area contributed by atoms with Crippen molar-refractivity contribution < 1.29 is 13.2 Å². The molecule has 4 aromatic heterocycles. The highest BCUT2D eigenvalue weighted by atomic mass is 32.2. The zero-order valence-electron chi connectivity index (χ0n) is 21.8. The van der Waals surface area contributed by atoms with Crippen LogP contribution in [0.2, 0.25) is 0 Å². The van der Waals surface area contributed by atoms with E-state index in [0.29, 0.717) is 11.2 Å². The fraction of sp³-hybridized carbons (Fsp3) is 0.321. The summed E-state index contributed by atoms with van der Waals surface area (Å²) in [6.07, 6.45) is 7.84. The summed E-state index contributed by atoms with van der Waals surface area (Å²) in [5.41, 5.74) is 3.42. The summed E-state index contributed by atoms with van der Waals surface area (Å²) in [7, 11) is -1.25. The average molecular weight is 544 g/mol. The predicted octanol–water partition coefficient (Wildman–Crippen LogP) is 2.70. The Morgan fingerprint density at radius 3 is 2.64 bits per heavy atom. The highest BCUT2D eigenvalue weighted by Crippen LogP contribution is 2.44. The van der Waals surface area contributed by atoms with Crippen LogP contribution in [0, 0.1) is 0 Å². The van der Waals surface area contributed by atoms with Gasteiger partial charge in [-0.1, -0.05) is 6.07 Å². The molecule has 0 unspecified atom stereocenters. The van der Waals surface area contributed by atoms with Crippen molar-refractivity contribution in [1.82, 2.24) is 30.2 Å². The van der Waals surface area contributed by atoms with E-state index in [0.717, 1.165) is 54.0 Å². The molecule has 0 bridgehead atoms. The van der Waals surface area contributed by atoms with E-state index >= 15 is 0 Å². The van der Waals surface area contributed by atoms with E-state index in [4.69, 9.17) is 9.97 Å². The summed E-state index contributed by atoms with van der Waals surface area (Å²) < 4.78 is 23.6. The van der Waals surface area contributed by atoms with Gasteiger partial charge in [0.2, 0.25) is 0 Å². The number of anilines is 1. The minimum Gasteiger partial charge on any atom is -0.353 e. The first-order valence-corrected chi connectivity index (χ1v) is 14.7. The van der Waals surface area contributed by atoms with Crippen LogP contribution >= 0.6 is 0 Å². The number of nitrogens with zero attached hydrogens (tertiary/aromatic N) is 6. The molecule has 6 rings (SSSR count). The summed E-state index contributed by atoms with van der Waals surface area (Å²) in [4.78, 5) is 35.6. The largest absolute Gasteiger partial charge is 0.353 e. The van der Waals surface area contributed by atoms with Gasteiger partial charge in [-0.2, -0.15) is 0 Å². The molecule has 4 aromatic rings. The highest BCUT2D eigenvalue weighted by molar-refractivity contribution is 7.90. The van der Waals surface area contributed by atoms with Crippen LogP contribution in [0.5, 0.6) is 0 Å². The molecular weight excluding hydrogens is 514 g/mol. The second-order valence-corrected chi connectivity index (χ2v) is 12.4. The number of piperazine rings is 1. The van der Waals surface area contributed by atoms with Crippen molar-refractivity contribution in [2.45, 2.75) is 29.8 Å². The van der Waals surface area contributed by atoms with Crippen LogP contribution in [0.15, 0.2) is 66.0 Å². The van der Waals surface area contributed by atoms with Crippen molar-refractivity contribution in [2.75, 3.05) is 37.8 Å². The second kappa shape index (κ2) is 9.65. The van der Waals surface area contributed by atoms with Crippen LogP contribution in [-0.4, -0.2) is 77.6 Å². The number of aromatic nitrogens is 4. The van der Waals surface area contributed by atoms with Crippen molar-refractivity contribution in [2.24, 2.45) is 0 Å². The molecule has 0 radical (unpaired) electrons. The van der Waals surface area contributed by atoms with Crippen LogP contribution in [0.3, 0.4) is 0 Å². The predicted molar refractivity (Wildman–Crippen MR) is 148 cm³/mol. The molecule has 39 heavy (non-hydrogen) atoms. The quantitative estimate of drug-likeness (QED) is 0.391. The second-order valence-electron chi connectivity index (χ2n) is 10.4. The lowest BCUT2D eigenvalue weighted by Gasteiger charge is -2.40. The van der Waals surface area contributed by atoms with Crippen molar-refractivity contribution in [3.8, 4) is 11.4 Å². The number of rotatable bonds is 6.